The Morgan fingerprint density at radius 2 is 2.11 bits per heavy atom. The SMILES string of the molecule is CC1=CC(OC(=O)c2cc(Cl)ccc2Cl)OC1=O. The lowest BCUT2D eigenvalue weighted by molar-refractivity contribution is -0.151. The van der Waals surface area contributed by atoms with Crippen LogP contribution in [-0.4, -0.2) is 18.2 Å². The summed E-state index contributed by atoms with van der Waals surface area (Å²) >= 11 is 11.6. The highest BCUT2D eigenvalue weighted by atomic mass is 35.5. The summed E-state index contributed by atoms with van der Waals surface area (Å²) in [6.45, 7) is 1.57. The van der Waals surface area contributed by atoms with E-state index >= 15 is 0 Å². The van der Waals surface area contributed by atoms with Gasteiger partial charge in [0.2, 0.25) is 0 Å². The van der Waals surface area contributed by atoms with E-state index in [1.165, 1.54) is 18.2 Å². The van der Waals surface area contributed by atoms with Crippen LogP contribution in [0.3, 0.4) is 0 Å². The van der Waals surface area contributed by atoms with Gasteiger partial charge in [0.05, 0.1) is 10.6 Å². The molecule has 0 fully saturated rings. The number of esters is 2. The van der Waals surface area contributed by atoms with Gasteiger partial charge in [-0.1, -0.05) is 23.2 Å². The predicted molar refractivity (Wildman–Crippen MR) is 65.5 cm³/mol. The number of cyclic esters (lactones) is 1. The first-order chi connectivity index (χ1) is 8.47. The van der Waals surface area contributed by atoms with E-state index in [4.69, 9.17) is 32.7 Å². The molecular formula is C12H8Cl2O4. The molecule has 0 bridgehead atoms. The number of rotatable bonds is 2. The number of benzene rings is 1. The maximum atomic E-state index is 11.8. The van der Waals surface area contributed by atoms with Gasteiger partial charge in [-0.15, -0.1) is 0 Å². The molecule has 0 N–H and O–H groups in total. The first kappa shape index (κ1) is 12.9. The van der Waals surface area contributed by atoms with Crippen LogP contribution in [-0.2, 0) is 14.3 Å². The molecular weight excluding hydrogens is 279 g/mol. The quantitative estimate of drug-likeness (QED) is 0.785. The molecule has 1 unspecified atom stereocenters. The highest BCUT2D eigenvalue weighted by molar-refractivity contribution is 6.35. The van der Waals surface area contributed by atoms with Crippen molar-refractivity contribution in [2.45, 2.75) is 13.2 Å². The van der Waals surface area contributed by atoms with E-state index in [0.29, 0.717) is 10.6 Å². The average molecular weight is 287 g/mol. The number of carbonyl (C=O) groups is 2. The molecule has 94 valence electrons. The number of halogens is 2. The van der Waals surface area contributed by atoms with Crippen LogP contribution >= 0.6 is 23.2 Å². The zero-order valence-electron chi connectivity index (χ0n) is 9.28. The van der Waals surface area contributed by atoms with Crippen molar-refractivity contribution in [2.75, 3.05) is 0 Å². The molecule has 1 atom stereocenters. The standard InChI is InChI=1S/C12H8Cl2O4/c1-6-4-10(17-11(6)15)18-12(16)8-5-7(13)2-3-9(8)14/h2-5,10H,1H3. The largest absolute Gasteiger partial charge is 0.418 e. The zero-order chi connectivity index (χ0) is 13.3. The molecule has 1 aromatic rings. The van der Waals surface area contributed by atoms with Gasteiger partial charge >= 0.3 is 11.9 Å². The molecule has 4 nitrogen and oxygen atoms in total. The molecule has 0 amide bonds. The van der Waals surface area contributed by atoms with Gasteiger partial charge < -0.3 is 9.47 Å². The summed E-state index contributed by atoms with van der Waals surface area (Å²) in [5.41, 5.74) is 0.517. The van der Waals surface area contributed by atoms with Crippen LogP contribution in [0.2, 0.25) is 10.0 Å². The van der Waals surface area contributed by atoms with Crippen molar-refractivity contribution in [3.8, 4) is 0 Å². The second kappa shape index (κ2) is 5.00. The van der Waals surface area contributed by atoms with Crippen molar-refractivity contribution in [1.29, 1.82) is 0 Å². The summed E-state index contributed by atoms with van der Waals surface area (Å²) in [6, 6.07) is 4.43. The van der Waals surface area contributed by atoms with E-state index < -0.39 is 18.2 Å². The van der Waals surface area contributed by atoms with Gasteiger partial charge in [-0.05, 0) is 25.1 Å². The van der Waals surface area contributed by atoms with Gasteiger partial charge in [0.1, 0.15) is 0 Å². The monoisotopic (exact) mass is 286 g/mol. The fraction of sp³-hybridized carbons (Fsp3) is 0.167. The smallest absolute Gasteiger partial charge is 0.343 e. The van der Waals surface area contributed by atoms with Crippen molar-refractivity contribution in [3.63, 3.8) is 0 Å². The van der Waals surface area contributed by atoms with Crippen LogP contribution in [0.15, 0.2) is 29.8 Å². The number of hydrogen-bond donors (Lipinski definition) is 0. The Morgan fingerprint density at radius 3 is 2.72 bits per heavy atom. The van der Waals surface area contributed by atoms with E-state index in [-0.39, 0.29) is 10.6 Å². The Labute approximate surface area is 113 Å². The first-order valence-corrected chi connectivity index (χ1v) is 5.78. The maximum absolute atomic E-state index is 11.8. The summed E-state index contributed by atoms with van der Waals surface area (Å²) in [4.78, 5) is 22.9. The van der Waals surface area contributed by atoms with Crippen LogP contribution in [0, 0.1) is 0 Å². The predicted octanol–water partition coefficient (Wildman–Crippen LogP) is 2.98. The van der Waals surface area contributed by atoms with Crippen LogP contribution < -0.4 is 0 Å². The Kier molecular flexibility index (Phi) is 3.59. The van der Waals surface area contributed by atoms with Crippen molar-refractivity contribution < 1.29 is 19.1 Å². The van der Waals surface area contributed by atoms with Crippen molar-refractivity contribution >= 4 is 35.1 Å². The van der Waals surface area contributed by atoms with Gasteiger partial charge in [0.25, 0.3) is 6.29 Å². The molecule has 0 aliphatic carbocycles. The Balaban J connectivity index is 2.14. The lowest BCUT2D eigenvalue weighted by atomic mass is 10.2. The number of hydrogen-bond acceptors (Lipinski definition) is 4. The van der Waals surface area contributed by atoms with Crippen molar-refractivity contribution in [2.24, 2.45) is 0 Å². The van der Waals surface area contributed by atoms with Gasteiger partial charge in [0.15, 0.2) is 0 Å². The fourth-order valence-corrected chi connectivity index (χ4v) is 1.75. The van der Waals surface area contributed by atoms with Crippen LogP contribution in [0.1, 0.15) is 17.3 Å². The molecule has 1 aliphatic rings. The molecule has 0 saturated carbocycles. The molecule has 1 aromatic carbocycles. The number of carbonyl (C=O) groups excluding carboxylic acids is 2. The zero-order valence-corrected chi connectivity index (χ0v) is 10.8. The summed E-state index contributed by atoms with van der Waals surface area (Å²) in [7, 11) is 0. The fourth-order valence-electron chi connectivity index (χ4n) is 1.39. The molecule has 0 radical (unpaired) electrons. The normalized spacial score (nSPS) is 18.3. The lowest BCUT2D eigenvalue weighted by Crippen LogP contribution is -2.18. The van der Waals surface area contributed by atoms with Gasteiger partial charge in [0, 0.05) is 16.7 Å². The molecule has 18 heavy (non-hydrogen) atoms. The van der Waals surface area contributed by atoms with Gasteiger partial charge in [-0.25, -0.2) is 9.59 Å². The van der Waals surface area contributed by atoms with Crippen LogP contribution in [0.4, 0.5) is 0 Å². The highest BCUT2D eigenvalue weighted by Gasteiger charge is 2.26. The van der Waals surface area contributed by atoms with E-state index in [1.807, 2.05) is 0 Å². The second-order valence-corrected chi connectivity index (χ2v) is 4.50. The van der Waals surface area contributed by atoms with E-state index in [9.17, 15) is 9.59 Å². The Bertz CT molecular complexity index is 551. The molecule has 0 spiro atoms. The van der Waals surface area contributed by atoms with Gasteiger partial charge in [-0.2, -0.15) is 0 Å². The van der Waals surface area contributed by atoms with Crippen molar-refractivity contribution in [3.05, 3.63) is 45.5 Å². The van der Waals surface area contributed by atoms with Crippen LogP contribution in [0.5, 0.6) is 0 Å². The molecule has 1 aliphatic heterocycles. The Morgan fingerprint density at radius 1 is 1.39 bits per heavy atom. The molecule has 1 heterocycles. The topological polar surface area (TPSA) is 52.6 Å². The summed E-state index contributed by atoms with van der Waals surface area (Å²) < 4.78 is 9.76. The first-order valence-electron chi connectivity index (χ1n) is 5.03. The maximum Gasteiger partial charge on any atom is 0.343 e. The average Bonchev–Trinajstić information content (AvgIpc) is 2.61. The third-order valence-electron chi connectivity index (χ3n) is 2.30. The molecule has 6 heteroatoms. The van der Waals surface area contributed by atoms with Crippen molar-refractivity contribution in [1.82, 2.24) is 0 Å². The summed E-state index contributed by atoms with van der Waals surface area (Å²) in [5.74, 6) is -1.21. The second-order valence-electron chi connectivity index (χ2n) is 3.65. The minimum Gasteiger partial charge on any atom is -0.418 e. The van der Waals surface area contributed by atoms with Gasteiger partial charge in [-0.3, -0.25) is 0 Å². The van der Waals surface area contributed by atoms with E-state index in [0.717, 1.165) is 0 Å². The lowest BCUT2D eigenvalue weighted by Gasteiger charge is -2.10. The third kappa shape index (κ3) is 2.66. The van der Waals surface area contributed by atoms with Crippen LogP contribution in [0.25, 0.3) is 0 Å². The third-order valence-corrected chi connectivity index (χ3v) is 2.87. The minimum atomic E-state index is -1.01. The molecule has 0 saturated heterocycles. The summed E-state index contributed by atoms with van der Waals surface area (Å²) in [5, 5.41) is 0.580. The highest BCUT2D eigenvalue weighted by Crippen LogP contribution is 2.23. The summed E-state index contributed by atoms with van der Waals surface area (Å²) in [6.07, 6.45) is 0.402. The molecule has 0 aromatic heterocycles. The van der Waals surface area contributed by atoms with E-state index in [2.05, 4.69) is 0 Å². The number of ether oxygens (including phenoxy) is 2. The molecule has 2 rings (SSSR count). The Hall–Kier alpha value is -1.52. The minimum absolute atomic E-state index is 0.123. The van der Waals surface area contributed by atoms with E-state index in [1.54, 1.807) is 13.0 Å².